The number of carbonyl (C=O) groups excluding carboxylic acids is 1. The molecule has 0 N–H and O–H groups in total. The summed E-state index contributed by atoms with van der Waals surface area (Å²) in [5, 5.41) is 0. The van der Waals surface area contributed by atoms with Crippen molar-refractivity contribution < 1.29 is 17.9 Å². The Morgan fingerprint density at radius 2 is 2.04 bits per heavy atom. The molecule has 0 amide bonds. The van der Waals surface area contributed by atoms with Crippen LogP contribution in [0.25, 0.3) is 0 Å². The van der Waals surface area contributed by atoms with Crippen LogP contribution in [0.4, 0.5) is 0 Å². The van der Waals surface area contributed by atoms with Crippen molar-refractivity contribution in [3.63, 3.8) is 0 Å². The third-order valence-corrected chi connectivity index (χ3v) is 6.46. The molecule has 0 unspecified atom stereocenters. The fourth-order valence-electron chi connectivity index (χ4n) is 3.75. The predicted molar refractivity (Wildman–Crippen MR) is 105 cm³/mol. The molecule has 0 aromatic heterocycles. The van der Waals surface area contributed by atoms with Gasteiger partial charge in [0.2, 0.25) is 0 Å². The lowest BCUT2D eigenvalue weighted by Gasteiger charge is -2.32. The molecular formula is C21H22N2O4S. The van der Waals surface area contributed by atoms with Crippen LogP contribution >= 0.6 is 0 Å². The molecule has 7 heteroatoms. The van der Waals surface area contributed by atoms with Crippen molar-refractivity contribution in [2.45, 2.75) is 31.3 Å². The van der Waals surface area contributed by atoms with Crippen LogP contribution in [0.1, 0.15) is 29.5 Å². The molecule has 2 aliphatic heterocycles. The lowest BCUT2D eigenvalue weighted by Crippen LogP contribution is -2.42. The number of hydrogen-bond acceptors (Lipinski definition) is 5. The summed E-state index contributed by atoms with van der Waals surface area (Å²) >= 11 is 0. The molecule has 2 aromatic rings. The average Bonchev–Trinajstić information content (AvgIpc) is 2.98. The van der Waals surface area contributed by atoms with Gasteiger partial charge in [0.05, 0.1) is 5.92 Å². The summed E-state index contributed by atoms with van der Waals surface area (Å²) in [6.45, 7) is 3.33. The third-order valence-electron chi connectivity index (χ3n) is 5.13. The highest BCUT2D eigenvalue weighted by atomic mass is 32.2. The van der Waals surface area contributed by atoms with E-state index >= 15 is 0 Å². The molecule has 1 fully saturated rings. The van der Waals surface area contributed by atoms with E-state index in [0.717, 1.165) is 24.0 Å². The molecule has 4 rings (SSSR count). The molecule has 146 valence electrons. The van der Waals surface area contributed by atoms with Crippen molar-refractivity contribution >= 4 is 21.8 Å². The van der Waals surface area contributed by atoms with Gasteiger partial charge in [-0.05, 0) is 37.5 Å². The standard InChI is InChI=1S/C21H22N2O4S/c1-15-6-4-7-16(12-15)14-27-21(24)17-8-5-11-23(13-17)20-18-9-2-3-10-19(18)28(25,26)22-20/h2-4,6-7,9-10,12,17H,5,8,11,13-14H2,1H3/t17-/m1/s1. The van der Waals surface area contributed by atoms with Crippen LogP contribution in [0.5, 0.6) is 0 Å². The number of rotatable bonds is 3. The second kappa shape index (κ2) is 7.39. The van der Waals surface area contributed by atoms with E-state index in [0.29, 0.717) is 24.5 Å². The molecule has 1 saturated heterocycles. The van der Waals surface area contributed by atoms with Gasteiger partial charge < -0.3 is 9.64 Å². The minimum absolute atomic E-state index is 0.231. The number of nitrogens with zero attached hydrogens (tertiary/aromatic N) is 2. The van der Waals surface area contributed by atoms with E-state index in [-0.39, 0.29) is 23.4 Å². The van der Waals surface area contributed by atoms with Crippen LogP contribution in [-0.2, 0) is 26.2 Å². The first-order valence-corrected chi connectivity index (χ1v) is 10.8. The molecule has 2 aromatic carbocycles. The van der Waals surface area contributed by atoms with E-state index in [1.165, 1.54) is 0 Å². The van der Waals surface area contributed by atoms with Crippen LogP contribution in [0, 0.1) is 12.8 Å². The molecule has 2 heterocycles. The molecular weight excluding hydrogens is 376 g/mol. The maximum Gasteiger partial charge on any atom is 0.311 e. The minimum Gasteiger partial charge on any atom is -0.461 e. The van der Waals surface area contributed by atoms with Crippen LogP contribution < -0.4 is 0 Å². The summed E-state index contributed by atoms with van der Waals surface area (Å²) in [5.41, 5.74) is 2.69. The number of likely N-dealkylation sites (tertiary alicyclic amines) is 1. The average molecular weight is 398 g/mol. The Labute approximate surface area is 164 Å². The second-order valence-electron chi connectivity index (χ2n) is 7.27. The number of sulfonamides is 1. The number of ether oxygens (including phenoxy) is 1. The molecule has 1 atom stereocenters. The summed E-state index contributed by atoms with van der Waals surface area (Å²) in [4.78, 5) is 14.7. The van der Waals surface area contributed by atoms with Gasteiger partial charge in [-0.2, -0.15) is 8.42 Å². The zero-order chi connectivity index (χ0) is 19.7. The number of fused-ring (bicyclic) bond motifs is 1. The van der Waals surface area contributed by atoms with Gasteiger partial charge in [0.25, 0.3) is 10.0 Å². The van der Waals surface area contributed by atoms with Gasteiger partial charge in [0.1, 0.15) is 11.5 Å². The molecule has 0 aliphatic carbocycles. The summed E-state index contributed by atoms with van der Waals surface area (Å²) in [7, 11) is -3.66. The SMILES string of the molecule is Cc1cccc(COC(=O)[C@@H]2CCCN(C3=NS(=O)(=O)c4ccccc43)C2)c1. The summed E-state index contributed by atoms with van der Waals surface area (Å²) in [6.07, 6.45) is 1.51. The lowest BCUT2D eigenvalue weighted by molar-refractivity contribution is -0.151. The second-order valence-corrected chi connectivity index (χ2v) is 8.84. The summed E-state index contributed by atoms with van der Waals surface area (Å²) in [6, 6.07) is 14.7. The number of piperidine rings is 1. The molecule has 6 nitrogen and oxygen atoms in total. The zero-order valence-electron chi connectivity index (χ0n) is 15.7. The number of carbonyl (C=O) groups is 1. The molecule has 2 aliphatic rings. The van der Waals surface area contributed by atoms with Crippen molar-refractivity contribution in [3.05, 3.63) is 65.2 Å². The van der Waals surface area contributed by atoms with Gasteiger partial charge >= 0.3 is 5.97 Å². The maximum atomic E-state index is 12.6. The van der Waals surface area contributed by atoms with Crippen molar-refractivity contribution in [2.24, 2.45) is 10.3 Å². The number of esters is 1. The van der Waals surface area contributed by atoms with E-state index in [4.69, 9.17) is 4.74 Å². The topological polar surface area (TPSA) is 76.0 Å². The Kier molecular flexibility index (Phi) is 4.93. The Morgan fingerprint density at radius 3 is 2.86 bits per heavy atom. The van der Waals surface area contributed by atoms with Crippen molar-refractivity contribution in [3.8, 4) is 0 Å². The Balaban J connectivity index is 1.46. The number of aryl methyl sites for hydroxylation is 1. The number of amidine groups is 1. The van der Waals surface area contributed by atoms with Gasteiger partial charge in [-0.3, -0.25) is 4.79 Å². The monoisotopic (exact) mass is 398 g/mol. The van der Waals surface area contributed by atoms with Gasteiger partial charge in [0.15, 0.2) is 5.84 Å². The first-order valence-electron chi connectivity index (χ1n) is 9.35. The van der Waals surface area contributed by atoms with Gasteiger partial charge in [-0.25, -0.2) is 0 Å². The van der Waals surface area contributed by atoms with E-state index in [1.807, 2.05) is 36.1 Å². The number of benzene rings is 2. The minimum atomic E-state index is -3.66. The van der Waals surface area contributed by atoms with Gasteiger partial charge in [-0.15, -0.1) is 4.40 Å². The van der Waals surface area contributed by atoms with E-state index in [9.17, 15) is 13.2 Å². The van der Waals surface area contributed by atoms with Gasteiger partial charge in [0, 0.05) is 18.7 Å². The molecule has 0 spiro atoms. The summed E-state index contributed by atoms with van der Waals surface area (Å²) in [5.74, 6) is -0.107. The van der Waals surface area contributed by atoms with Crippen LogP contribution in [0.15, 0.2) is 57.8 Å². The Bertz CT molecular complexity index is 1050. The molecule has 0 bridgehead atoms. The Hall–Kier alpha value is -2.67. The fraction of sp³-hybridized carbons (Fsp3) is 0.333. The first-order chi connectivity index (χ1) is 13.4. The summed E-state index contributed by atoms with van der Waals surface area (Å²) < 4.78 is 34.1. The Morgan fingerprint density at radius 1 is 1.21 bits per heavy atom. The lowest BCUT2D eigenvalue weighted by atomic mass is 9.97. The quantitative estimate of drug-likeness (QED) is 0.743. The van der Waals surface area contributed by atoms with E-state index in [2.05, 4.69) is 4.40 Å². The van der Waals surface area contributed by atoms with Crippen molar-refractivity contribution in [2.75, 3.05) is 13.1 Å². The van der Waals surface area contributed by atoms with E-state index in [1.54, 1.807) is 24.3 Å². The highest BCUT2D eigenvalue weighted by molar-refractivity contribution is 7.90. The van der Waals surface area contributed by atoms with Crippen LogP contribution in [-0.4, -0.2) is 38.2 Å². The maximum absolute atomic E-state index is 12.6. The normalized spacial score (nSPS) is 20.4. The van der Waals surface area contributed by atoms with E-state index < -0.39 is 10.0 Å². The third kappa shape index (κ3) is 3.67. The van der Waals surface area contributed by atoms with Crippen LogP contribution in [0.3, 0.4) is 0 Å². The molecule has 0 saturated carbocycles. The molecule has 28 heavy (non-hydrogen) atoms. The van der Waals surface area contributed by atoms with Crippen LogP contribution in [0.2, 0.25) is 0 Å². The highest BCUT2D eigenvalue weighted by Gasteiger charge is 2.35. The van der Waals surface area contributed by atoms with Gasteiger partial charge in [-0.1, -0.05) is 42.0 Å². The first kappa shape index (κ1) is 18.7. The van der Waals surface area contributed by atoms with Crippen molar-refractivity contribution in [1.82, 2.24) is 4.90 Å². The predicted octanol–water partition coefficient (Wildman–Crippen LogP) is 2.90. The van der Waals surface area contributed by atoms with Crippen molar-refractivity contribution in [1.29, 1.82) is 0 Å². The molecule has 0 radical (unpaired) electrons. The zero-order valence-corrected chi connectivity index (χ0v) is 16.5. The smallest absolute Gasteiger partial charge is 0.311 e. The number of hydrogen-bond donors (Lipinski definition) is 0. The largest absolute Gasteiger partial charge is 0.461 e. The highest BCUT2D eigenvalue weighted by Crippen LogP contribution is 2.30. The fourth-order valence-corrected chi connectivity index (χ4v) is 4.98.